The van der Waals surface area contributed by atoms with Crippen LogP contribution in [0.5, 0.6) is 0 Å². The molecule has 0 radical (unpaired) electrons. The molecule has 1 aliphatic rings. The number of nitrogens with zero attached hydrogens (tertiary/aromatic N) is 1. The fourth-order valence-electron chi connectivity index (χ4n) is 2.23. The summed E-state index contributed by atoms with van der Waals surface area (Å²) in [5.74, 6) is 0. The third kappa shape index (κ3) is 3.79. The van der Waals surface area contributed by atoms with Gasteiger partial charge in [0.1, 0.15) is 12.2 Å². The third-order valence-electron chi connectivity index (χ3n) is 3.17. The number of aliphatic hydroxyl groups excluding tert-OH is 2. The molecular formula is C11H13F3N2O7. The van der Waals surface area contributed by atoms with E-state index in [2.05, 4.69) is 9.78 Å². The predicted octanol–water partition coefficient (Wildman–Crippen LogP) is -1.07. The van der Waals surface area contributed by atoms with Crippen LogP contribution in [0.1, 0.15) is 11.9 Å². The Kier molecular flexibility index (Phi) is 4.91. The van der Waals surface area contributed by atoms with Crippen molar-refractivity contribution in [1.82, 2.24) is 9.55 Å². The summed E-state index contributed by atoms with van der Waals surface area (Å²) < 4.78 is 42.3. The standard InChI is InChI=1S/C11H13F3N2O7/c1-4-2-6(18)15-10(20)16(4)9-8(22-23-11(12,13)14)7(19)5(3-17)21-9/h2,5,7-9,17,19H,3H2,1H3,(H,15,18,20)/t5-,7?,8?,9-/m0/s1. The number of aliphatic hydroxyl groups is 2. The Bertz CT molecular complexity index is 671. The number of aromatic amines is 1. The summed E-state index contributed by atoms with van der Waals surface area (Å²) in [5, 5.41) is 18.9. The van der Waals surface area contributed by atoms with Crippen molar-refractivity contribution in [3.63, 3.8) is 0 Å². The van der Waals surface area contributed by atoms with Gasteiger partial charge in [-0.3, -0.25) is 14.3 Å². The van der Waals surface area contributed by atoms with Crippen LogP contribution in [0.4, 0.5) is 13.2 Å². The van der Waals surface area contributed by atoms with Gasteiger partial charge in [0, 0.05) is 11.8 Å². The lowest BCUT2D eigenvalue weighted by atomic mass is 10.1. The summed E-state index contributed by atoms with van der Waals surface area (Å²) in [7, 11) is 0. The van der Waals surface area contributed by atoms with Crippen LogP contribution in [0, 0.1) is 6.92 Å². The zero-order valence-electron chi connectivity index (χ0n) is 11.6. The highest BCUT2D eigenvalue weighted by Crippen LogP contribution is 2.33. The molecule has 9 nitrogen and oxygen atoms in total. The molecule has 2 rings (SSSR count). The molecule has 0 amide bonds. The van der Waals surface area contributed by atoms with Gasteiger partial charge in [-0.25, -0.2) is 9.68 Å². The molecule has 1 aromatic heterocycles. The molecule has 1 fully saturated rings. The van der Waals surface area contributed by atoms with E-state index >= 15 is 0 Å². The van der Waals surface area contributed by atoms with E-state index in [1.54, 1.807) is 0 Å². The molecule has 3 N–H and O–H groups in total. The largest absolute Gasteiger partial charge is 0.549 e. The average molecular weight is 342 g/mol. The lowest BCUT2D eigenvalue weighted by Gasteiger charge is -2.22. The zero-order chi connectivity index (χ0) is 17.4. The lowest BCUT2D eigenvalue weighted by Crippen LogP contribution is -2.41. The van der Waals surface area contributed by atoms with Crippen molar-refractivity contribution in [2.24, 2.45) is 0 Å². The first-order valence-electron chi connectivity index (χ1n) is 6.32. The molecule has 2 unspecified atom stereocenters. The van der Waals surface area contributed by atoms with Gasteiger partial charge in [0.25, 0.3) is 5.56 Å². The number of aromatic nitrogens is 2. The number of alkyl halides is 3. The van der Waals surface area contributed by atoms with E-state index in [4.69, 9.17) is 9.84 Å². The monoisotopic (exact) mass is 342 g/mol. The molecule has 130 valence electrons. The Balaban J connectivity index is 2.38. The number of H-pyrrole nitrogens is 1. The van der Waals surface area contributed by atoms with Crippen LogP contribution in [-0.2, 0) is 14.5 Å². The summed E-state index contributed by atoms with van der Waals surface area (Å²) in [5.41, 5.74) is -1.65. The maximum Gasteiger partial charge on any atom is 0.549 e. The average Bonchev–Trinajstić information content (AvgIpc) is 2.71. The summed E-state index contributed by atoms with van der Waals surface area (Å²) in [4.78, 5) is 32.3. The number of hydrogen-bond acceptors (Lipinski definition) is 7. The van der Waals surface area contributed by atoms with Crippen LogP contribution in [0.25, 0.3) is 0 Å². The van der Waals surface area contributed by atoms with Crippen molar-refractivity contribution in [2.75, 3.05) is 6.61 Å². The molecule has 4 atom stereocenters. The minimum atomic E-state index is -5.15. The molecular weight excluding hydrogens is 329 g/mol. The van der Waals surface area contributed by atoms with Gasteiger partial charge in [-0.15, -0.1) is 18.1 Å². The molecule has 1 aliphatic heterocycles. The second-order valence-electron chi connectivity index (χ2n) is 4.78. The van der Waals surface area contributed by atoms with Gasteiger partial charge < -0.3 is 14.9 Å². The predicted molar refractivity (Wildman–Crippen MR) is 65.1 cm³/mol. The summed E-state index contributed by atoms with van der Waals surface area (Å²) >= 11 is 0. The molecule has 12 heteroatoms. The van der Waals surface area contributed by atoms with Crippen LogP contribution in [0.15, 0.2) is 15.7 Å². The molecule has 1 saturated heterocycles. The normalized spacial score (nSPS) is 28.3. The number of halogens is 3. The molecule has 0 aromatic carbocycles. The quantitative estimate of drug-likeness (QED) is 0.470. The van der Waals surface area contributed by atoms with Gasteiger partial charge >= 0.3 is 12.1 Å². The molecule has 0 spiro atoms. The molecule has 0 bridgehead atoms. The number of hydrogen-bond donors (Lipinski definition) is 3. The third-order valence-corrected chi connectivity index (χ3v) is 3.17. The lowest BCUT2D eigenvalue weighted by molar-refractivity contribution is -0.503. The highest BCUT2D eigenvalue weighted by Gasteiger charge is 2.48. The number of aryl methyl sites for hydroxylation is 1. The van der Waals surface area contributed by atoms with Crippen LogP contribution in [0.3, 0.4) is 0 Å². The minimum Gasteiger partial charge on any atom is -0.394 e. The van der Waals surface area contributed by atoms with E-state index in [9.17, 15) is 27.9 Å². The second kappa shape index (κ2) is 6.41. The maximum atomic E-state index is 12.1. The SMILES string of the molecule is Cc1cc(=O)[nH]c(=O)n1[C@H]1O[C@@H](CO)C(O)C1OOC(F)(F)F. The minimum absolute atomic E-state index is 0.0511. The summed E-state index contributed by atoms with van der Waals surface area (Å²) in [6, 6.07) is 1.01. The second-order valence-corrected chi connectivity index (χ2v) is 4.78. The van der Waals surface area contributed by atoms with Crippen molar-refractivity contribution in [3.05, 3.63) is 32.6 Å². The molecule has 1 aromatic rings. The first-order chi connectivity index (χ1) is 10.6. The summed E-state index contributed by atoms with van der Waals surface area (Å²) in [6.07, 6.45) is -11.5. The van der Waals surface area contributed by atoms with Gasteiger partial charge in [0.2, 0.25) is 0 Å². The molecule has 23 heavy (non-hydrogen) atoms. The maximum absolute atomic E-state index is 12.1. The van der Waals surface area contributed by atoms with Crippen LogP contribution in [0.2, 0.25) is 0 Å². The Morgan fingerprint density at radius 3 is 2.61 bits per heavy atom. The Morgan fingerprint density at radius 2 is 2.09 bits per heavy atom. The molecule has 0 aliphatic carbocycles. The van der Waals surface area contributed by atoms with Gasteiger partial charge in [-0.2, -0.15) is 0 Å². The van der Waals surface area contributed by atoms with Gasteiger partial charge in [0.05, 0.1) is 6.61 Å². The first kappa shape index (κ1) is 17.6. The smallest absolute Gasteiger partial charge is 0.394 e. The number of rotatable bonds is 4. The summed E-state index contributed by atoms with van der Waals surface area (Å²) in [6.45, 7) is 0.598. The Hall–Kier alpha value is -1.73. The first-order valence-corrected chi connectivity index (χ1v) is 6.32. The Labute approximate surface area is 125 Å². The fourth-order valence-corrected chi connectivity index (χ4v) is 2.23. The van der Waals surface area contributed by atoms with Gasteiger partial charge in [-0.05, 0) is 6.92 Å². The van der Waals surface area contributed by atoms with Crippen LogP contribution >= 0.6 is 0 Å². The van der Waals surface area contributed by atoms with E-state index in [1.807, 2.05) is 4.98 Å². The zero-order valence-corrected chi connectivity index (χ0v) is 11.6. The van der Waals surface area contributed by atoms with Crippen LogP contribution < -0.4 is 11.2 Å². The molecule has 2 heterocycles. The van der Waals surface area contributed by atoms with Crippen molar-refractivity contribution in [2.45, 2.75) is 37.8 Å². The van der Waals surface area contributed by atoms with Crippen molar-refractivity contribution in [1.29, 1.82) is 0 Å². The van der Waals surface area contributed by atoms with E-state index in [0.717, 1.165) is 10.6 Å². The van der Waals surface area contributed by atoms with Gasteiger partial charge in [-0.1, -0.05) is 0 Å². The number of nitrogens with one attached hydrogen (secondary N) is 1. The topological polar surface area (TPSA) is 123 Å². The van der Waals surface area contributed by atoms with Crippen molar-refractivity contribution < 1.29 is 37.9 Å². The number of ether oxygens (including phenoxy) is 1. The highest BCUT2D eigenvalue weighted by molar-refractivity contribution is 5.02. The van der Waals surface area contributed by atoms with Crippen molar-refractivity contribution in [3.8, 4) is 0 Å². The van der Waals surface area contributed by atoms with E-state index in [1.165, 1.54) is 6.92 Å². The van der Waals surface area contributed by atoms with Crippen LogP contribution in [-0.4, -0.2) is 51.0 Å². The molecule has 0 saturated carbocycles. The Morgan fingerprint density at radius 1 is 1.43 bits per heavy atom. The van der Waals surface area contributed by atoms with E-state index in [0.29, 0.717) is 0 Å². The van der Waals surface area contributed by atoms with E-state index in [-0.39, 0.29) is 5.69 Å². The van der Waals surface area contributed by atoms with Gasteiger partial charge in [0.15, 0.2) is 12.3 Å². The van der Waals surface area contributed by atoms with Crippen molar-refractivity contribution >= 4 is 0 Å². The fraction of sp³-hybridized carbons (Fsp3) is 0.636. The highest BCUT2D eigenvalue weighted by atomic mass is 19.4. The van der Waals surface area contributed by atoms with E-state index < -0.39 is 48.8 Å².